The second-order valence-electron chi connectivity index (χ2n) is 8.65. The fourth-order valence-corrected chi connectivity index (χ4v) is 4.02. The molecule has 2 aromatic heterocycles. The van der Waals surface area contributed by atoms with Gasteiger partial charge in [-0.15, -0.1) is 0 Å². The average Bonchev–Trinajstić information content (AvgIpc) is 2.76. The normalized spacial score (nSPS) is 11.5. The Morgan fingerprint density at radius 3 is 2.46 bits per heavy atom. The van der Waals surface area contributed by atoms with Gasteiger partial charge in [-0.25, -0.2) is 19.1 Å². The molecule has 0 spiro atoms. The second-order valence-corrected chi connectivity index (χ2v) is 10.3. The SMILES string of the molecule is Cc1cccc(S(=O)(=O)NC(=O)c2ccc(-c3cc(F)cc(OCC(C)C)c3)nc2OC(C)C)n1. The number of rotatable bonds is 9. The maximum absolute atomic E-state index is 14.3. The van der Waals surface area contributed by atoms with E-state index in [1.165, 1.54) is 36.4 Å². The van der Waals surface area contributed by atoms with E-state index >= 15 is 0 Å². The van der Waals surface area contributed by atoms with Crippen molar-refractivity contribution in [2.24, 2.45) is 5.92 Å². The molecule has 1 amide bonds. The fourth-order valence-electron chi connectivity index (χ4n) is 3.04. The third-order valence-corrected chi connectivity index (χ3v) is 5.80. The Morgan fingerprint density at radius 2 is 1.80 bits per heavy atom. The Morgan fingerprint density at radius 1 is 1.06 bits per heavy atom. The lowest BCUT2D eigenvalue weighted by molar-refractivity contribution is 0.0974. The molecule has 8 nitrogen and oxygen atoms in total. The molecule has 0 atom stereocenters. The summed E-state index contributed by atoms with van der Waals surface area (Å²) in [7, 11) is -4.22. The van der Waals surface area contributed by atoms with Crippen LogP contribution in [-0.2, 0) is 10.0 Å². The number of nitrogens with zero attached hydrogens (tertiary/aromatic N) is 2. The van der Waals surface area contributed by atoms with Gasteiger partial charge in [-0.3, -0.25) is 4.79 Å². The first-order valence-corrected chi connectivity index (χ1v) is 12.5. The fraction of sp³-hybridized carbons (Fsp3) is 0.320. The maximum Gasteiger partial charge on any atom is 0.281 e. The van der Waals surface area contributed by atoms with Gasteiger partial charge in [-0.05, 0) is 63.1 Å². The van der Waals surface area contributed by atoms with Crippen LogP contribution in [0.1, 0.15) is 43.7 Å². The van der Waals surface area contributed by atoms with Crippen LogP contribution in [0.4, 0.5) is 4.39 Å². The van der Waals surface area contributed by atoms with E-state index in [0.29, 0.717) is 29.3 Å². The lowest BCUT2D eigenvalue weighted by atomic mass is 10.1. The largest absolute Gasteiger partial charge is 0.493 e. The lowest BCUT2D eigenvalue weighted by Gasteiger charge is -2.15. The van der Waals surface area contributed by atoms with E-state index in [0.717, 1.165) is 0 Å². The summed E-state index contributed by atoms with van der Waals surface area (Å²) in [6.45, 7) is 9.50. The summed E-state index contributed by atoms with van der Waals surface area (Å²) in [5.74, 6) is -0.914. The van der Waals surface area contributed by atoms with Crippen molar-refractivity contribution in [3.05, 3.63) is 65.6 Å². The Kier molecular flexibility index (Phi) is 8.06. The predicted molar refractivity (Wildman–Crippen MR) is 129 cm³/mol. The van der Waals surface area contributed by atoms with E-state index in [1.807, 2.05) is 18.6 Å². The molecule has 0 aliphatic carbocycles. The number of aromatic nitrogens is 2. The first kappa shape index (κ1) is 26.1. The molecule has 0 bridgehead atoms. The Balaban J connectivity index is 1.95. The molecule has 0 unspecified atom stereocenters. The summed E-state index contributed by atoms with van der Waals surface area (Å²) >= 11 is 0. The molecule has 1 aromatic carbocycles. The maximum atomic E-state index is 14.3. The van der Waals surface area contributed by atoms with Crippen LogP contribution in [0.25, 0.3) is 11.3 Å². The second kappa shape index (κ2) is 10.8. The van der Waals surface area contributed by atoms with E-state index in [1.54, 1.807) is 32.9 Å². The molecule has 0 fully saturated rings. The third kappa shape index (κ3) is 6.98. The molecular weight excluding hydrogens is 473 g/mol. The summed E-state index contributed by atoms with van der Waals surface area (Å²) < 4.78 is 52.9. The molecule has 0 aliphatic rings. The molecule has 186 valence electrons. The van der Waals surface area contributed by atoms with Gasteiger partial charge in [-0.1, -0.05) is 19.9 Å². The van der Waals surface area contributed by atoms with E-state index in [4.69, 9.17) is 9.47 Å². The number of carbonyl (C=O) groups is 1. The van der Waals surface area contributed by atoms with Crippen LogP contribution >= 0.6 is 0 Å². The number of aryl methyl sites for hydroxylation is 1. The van der Waals surface area contributed by atoms with Gasteiger partial charge in [0.2, 0.25) is 5.88 Å². The molecule has 1 N–H and O–H groups in total. The smallest absolute Gasteiger partial charge is 0.281 e. The van der Waals surface area contributed by atoms with Crippen molar-refractivity contribution >= 4 is 15.9 Å². The standard InChI is InChI=1S/C25H28FN3O5S/c1-15(2)14-33-20-12-18(11-19(26)13-20)22-10-9-21(25(28-22)34-16(3)4)24(30)29-35(31,32)23-8-6-7-17(5)27-23/h6-13,15-16H,14H2,1-5H3,(H,29,30). The first-order valence-electron chi connectivity index (χ1n) is 11.1. The Labute approximate surface area is 204 Å². The van der Waals surface area contributed by atoms with Crippen LogP contribution in [0, 0.1) is 18.7 Å². The molecule has 0 radical (unpaired) electrons. The zero-order valence-corrected chi connectivity index (χ0v) is 21.0. The van der Waals surface area contributed by atoms with Crippen LogP contribution in [0.15, 0.2) is 53.6 Å². The lowest BCUT2D eigenvalue weighted by Crippen LogP contribution is -2.32. The molecule has 3 rings (SSSR count). The van der Waals surface area contributed by atoms with Gasteiger partial charge in [0.1, 0.15) is 17.1 Å². The highest BCUT2D eigenvalue weighted by atomic mass is 32.2. The van der Waals surface area contributed by atoms with Crippen molar-refractivity contribution in [3.8, 4) is 22.9 Å². The summed E-state index contributed by atoms with van der Waals surface area (Å²) in [6.07, 6.45) is -0.364. The molecule has 35 heavy (non-hydrogen) atoms. The minimum absolute atomic E-state index is 0.0867. The van der Waals surface area contributed by atoms with Crippen LogP contribution in [0.5, 0.6) is 11.6 Å². The molecule has 10 heteroatoms. The van der Waals surface area contributed by atoms with E-state index in [9.17, 15) is 17.6 Å². The number of halogens is 1. The average molecular weight is 502 g/mol. The number of pyridine rings is 2. The van der Waals surface area contributed by atoms with Gasteiger partial charge in [0.05, 0.1) is 18.4 Å². The van der Waals surface area contributed by atoms with Crippen molar-refractivity contribution in [1.29, 1.82) is 0 Å². The molecule has 0 saturated carbocycles. The topological polar surface area (TPSA) is 107 Å². The summed E-state index contributed by atoms with van der Waals surface area (Å²) in [5.41, 5.74) is 1.14. The van der Waals surface area contributed by atoms with Crippen LogP contribution in [0.3, 0.4) is 0 Å². The third-order valence-electron chi connectivity index (χ3n) is 4.57. The van der Waals surface area contributed by atoms with Gasteiger partial charge in [-0.2, -0.15) is 8.42 Å². The van der Waals surface area contributed by atoms with Crippen molar-refractivity contribution in [3.63, 3.8) is 0 Å². The first-order chi connectivity index (χ1) is 16.4. The van der Waals surface area contributed by atoms with Crippen LogP contribution < -0.4 is 14.2 Å². The number of carbonyl (C=O) groups excluding carboxylic acids is 1. The zero-order valence-electron chi connectivity index (χ0n) is 20.2. The van der Waals surface area contributed by atoms with Crippen molar-refractivity contribution in [1.82, 2.24) is 14.7 Å². The highest BCUT2D eigenvalue weighted by Gasteiger charge is 2.24. The minimum Gasteiger partial charge on any atom is -0.493 e. The molecule has 0 saturated heterocycles. The van der Waals surface area contributed by atoms with Gasteiger partial charge in [0.25, 0.3) is 15.9 Å². The highest BCUT2D eigenvalue weighted by molar-refractivity contribution is 7.90. The summed E-state index contributed by atoms with van der Waals surface area (Å²) in [4.78, 5) is 21.3. The number of nitrogens with one attached hydrogen (secondary N) is 1. The van der Waals surface area contributed by atoms with E-state index in [-0.39, 0.29) is 28.5 Å². The van der Waals surface area contributed by atoms with Crippen molar-refractivity contribution in [2.75, 3.05) is 6.61 Å². The number of benzene rings is 1. The van der Waals surface area contributed by atoms with Crippen LogP contribution in [-0.4, -0.2) is 37.0 Å². The monoisotopic (exact) mass is 501 g/mol. The van der Waals surface area contributed by atoms with E-state index in [2.05, 4.69) is 9.97 Å². The predicted octanol–water partition coefficient (Wildman–Crippen LogP) is 4.53. The van der Waals surface area contributed by atoms with Gasteiger partial charge in [0, 0.05) is 17.3 Å². The molecular formula is C25H28FN3O5S. The molecule has 3 aromatic rings. The number of hydrogen-bond donors (Lipinski definition) is 1. The van der Waals surface area contributed by atoms with Gasteiger partial charge >= 0.3 is 0 Å². The Hall–Kier alpha value is -3.53. The number of ether oxygens (including phenoxy) is 2. The molecule has 0 aliphatic heterocycles. The summed E-state index contributed by atoms with van der Waals surface area (Å²) in [6, 6.07) is 11.5. The van der Waals surface area contributed by atoms with Crippen molar-refractivity contribution in [2.45, 2.75) is 45.7 Å². The molecule has 2 heterocycles. The zero-order chi connectivity index (χ0) is 25.8. The number of amides is 1. The van der Waals surface area contributed by atoms with Gasteiger partial charge < -0.3 is 9.47 Å². The van der Waals surface area contributed by atoms with Crippen molar-refractivity contribution < 1.29 is 27.1 Å². The highest BCUT2D eigenvalue weighted by Crippen LogP contribution is 2.28. The number of hydrogen-bond acceptors (Lipinski definition) is 7. The summed E-state index contributed by atoms with van der Waals surface area (Å²) in [5, 5.41) is -0.282. The quantitative estimate of drug-likeness (QED) is 0.459. The minimum atomic E-state index is -4.22. The van der Waals surface area contributed by atoms with E-state index < -0.39 is 21.7 Å². The Bertz CT molecular complexity index is 1330. The number of sulfonamides is 1. The van der Waals surface area contributed by atoms with Crippen LogP contribution in [0.2, 0.25) is 0 Å². The van der Waals surface area contributed by atoms with Gasteiger partial charge in [0.15, 0.2) is 5.03 Å².